The molecule has 0 aliphatic carbocycles. The van der Waals surface area contributed by atoms with E-state index in [0.717, 1.165) is 25.8 Å². The van der Waals surface area contributed by atoms with Crippen LogP contribution in [-0.4, -0.2) is 40.6 Å². The molecular formula is C18H27FN2O2. The van der Waals surface area contributed by atoms with E-state index in [0.29, 0.717) is 12.1 Å². The van der Waals surface area contributed by atoms with Crippen LogP contribution < -0.4 is 5.32 Å². The molecule has 1 heterocycles. The fourth-order valence-electron chi connectivity index (χ4n) is 3.00. The normalized spacial score (nSPS) is 21.0. The Morgan fingerprint density at radius 3 is 2.83 bits per heavy atom. The van der Waals surface area contributed by atoms with Gasteiger partial charge in [0.1, 0.15) is 5.82 Å². The minimum atomic E-state index is -0.797. The molecule has 128 valence electrons. The highest BCUT2D eigenvalue weighted by atomic mass is 19.1. The number of hydrogen-bond acceptors (Lipinski definition) is 3. The van der Waals surface area contributed by atoms with Crippen molar-refractivity contribution in [3.8, 4) is 0 Å². The Morgan fingerprint density at radius 1 is 1.43 bits per heavy atom. The smallest absolute Gasteiger partial charge is 0.237 e. The second-order valence-electron chi connectivity index (χ2n) is 7.32. The van der Waals surface area contributed by atoms with Gasteiger partial charge >= 0.3 is 0 Å². The zero-order chi connectivity index (χ0) is 17.0. The van der Waals surface area contributed by atoms with Crippen molar-refractivity contribution in [1.82, 2.24) is 10.2 Å². The maximum Gasteiger partial charge on any atom is 0.237 e. The van der Waals surface area contributed by atoms with E-state index in [1.54, 1.807) is 12.1 Å². The largest absolute Gasteiger partial charge is 0.387 e. The molecule has 1 aliphatic rings. The Bertz CT molecular complexity index is 542. The van der Waals surface area contributed by atoms with Gasteiger partial charge in [-0.1, -0.05) is 18.6 Å². The highest BCUT2D eigenvalue weighted by Crippen LogP contribution is 2.22. The van der Waals surface area contributed by atoms with Crippen LogP contribution in [0.4, 0.5) is 4.39 Å². The molecule has 2 atom stereocenters. The molecule has 0 saturated carbocycles. The molecule has 1 saturated heterocycles. The van der Waals surface area contributed by atoms with Crippen LogP contribution in [0.5, 0.6) is 0 Å². The molecule has 4 nitrogen and oxygen atoms in total. The second kappa shape index (κ2) is 7.41. The van der Waals surface area contributed by atoms with Gasteiger partial charge in [-0.05, 0) is 57.9 Å². The van der Waals surface area contributed by atoms with Gasteiger partial charge in [-0.25, -0.2) is 4.39 Å². The number of nitrogens with zero attached hydrogens (tertiary/aromatic N) is 1. The Labute approximate surface area is 137 Å². The number of likely N-dealkylation sites (tertiary alicyclic amines) is 1. The number of piperidine rings is 1. The predicted molar refractivity (Wildman–Crippen MR) is 88.5 cm³/mol. The minimum Gasteiger partial charge on any atom is -0.387 e. The van der Waals surface area contributed by atoms with Crippen LogP contribution in [-0.2, 0) is 4.79 Å². The highest BCUT2D eigenvalue weighted by molar-refractivity contribution is 5.82. The summed E-state index contributed by atoms with van der Waals surface area (Å²) in [7, 11) is 0. The summed E-state index contributed by atoms with van der Waals surface area (Å²) in [4.78, 5) is 14.5. The number of halogens is 1. The van der Waals surface area contributed by atoms with E-state index >= 15 is 0 Å². The molecule has 1 aliphatic heterocycles. The molecule has 1 amide bonds. The van der Waals surface area contributed by atoms with Crippen molar-refractivity contribution in [3.05, 3.63) is 35.6 Å². The molecule has 23 heavy (non-hydrogen) atoms. The van der Waals surface area contributed by atoms with Crippen molar-refractivity contribution in [1.29, 1.82) is 0 Å². The van der Waals surface area contributed by atoms with Crippen LogP contribution in [0.1, 0.15) is 51.7 Å². The standard InChI is InChI=1S/C18H27FN2O2/c1-18(2,3)20-17(23)15-9-4-5-10-21(15)12-16(22)13-7-6-8-14(19)11-13/h6-8,11,15-16,22H,4-5,9-10,12H2,1-3H3,(H,20,23)/t15-,16+/m1/s1. The first kappa shape index (κ1) is 17.9. The first-order valence-electron chi connectivity index (χ1n) is 8.26. The van der Waals surface area contributed by atoms with E-state index in [2.05, 4.69) is 5.32 Å². The van der Waals surface area contributed by atoms with Crippen molar-refractivity contribution in [2.24, 2.45) is 0 Å². The number of carbonyl (C=O) groups excluding carboxylic acids is 1. The van der Waals surface area contributed by atoms with Crippen LogP contribution in [0.25, 0.3) is 0 Å². The van der Waals surface area contributed by atoms with Crippen LogP contribution in [0.15, 0.2) is 24.3 Å². The molecular weight excluding hydrogens is 295 g/mol. The summed E-state index contributed by atoms with van der Waals surface area (Å²) in [6.45, 7) is 6.99. The number of benzene rings is 1. The van der Waals surface area contributed by atoms with Gasteiger partial charge in [0.2, 0.25) is 5.91 Å². The lowest BCUT2D eigenvalue weighted by molar-refractivity contribution is -0.129. The summed E-state index contributed by atoms with van der Waals surface area (Å²) in [5.41, 5.74) is 0.270. The van der Waals surface area contributed by atoms with Gasteiger partial charge in [0, 0.05) is 12.1 Å². The third kappa shape index (κ3) is 5.29. The molecule has 0 unspecified atom stereocenters. The summed E-state index contributed by atoms with van der Waals surface area (Å²) in [5, 5.41) is 13.4. The SMILES string of the molecule is CC(C)(C)NC(=O)[C@H]1CCCCN1C[C@H](O)c1cccc(F)c1. The van der Waals surface area contributed by atoms with Crippen molar-refractivity contribution in [2.45, 2.75) is 57.7 Å². The summed E-state index contributed by atoms with van der Waals surface area (Å²) < 4.78 is 13.3. The predicted octanol–water partition coefficient (Wildman–Crippen LogP) is 2.63. The number of β-amino-alcohol motifs (C(OH)–C–C–N with tert-alkyl or cyclic N) is 1. The highest BCUT2D eigenvalue weighted by Gasteiger charge is 2.31. The molecule has 2 N–H and O–H groups in total. The Kier molecular flexibility index (Phi) is 5.76. The lowest BCUT2D eigenvalue weighted by Gasteiger charge is -2.37. The molecule has 0 aromatic heterocycles. The van der Waals surface area contributed by atoms with Gasteiger partial charge in [0.15, 0.2) is 0 Å². The number of hydrogen-bond donors (Lipinski definition) is 2. The lowest BCUT2D eigenvalue weighted by atomic mass is 9.98. The number of rotatable bonds is 4. The van der Waals surface area contributed by atoms with E-state index in [1.807, 2.05) is 25.7 Å². The molecule has 2 rings (SSSR count). The maximum atomic E-state index is 13.3. The molecule has 0 radical (unpaired) electrons. The van der Waals surface area contributed by atoms with Crippen molar-refractivity contribution < 1.29 is 14.3 Å². The Hall–Kier alpha value is -1.46. The lowest BCUT2D eigenvalue weighted by Crippen LogP contribution is -2.54. The molecule has 1 aromatic carbocycles. The summed E-state index contributed by atoms with van der Waals surface area (Å²) in [6.07, 6.45) is 2.01. The number of aliphatic hydroxyl groups excluding tert-OH is 1. The third-order valence-electron chi connectivity index (χ3n) is 4.06. The molecule has 0 bridgehead atoms. The summed E-state index contributed by atoms with van der Waals surface area (Å²) in [6, 6.07) is 5.77. The van der Waals surface area contributed by atoms with Gasteiger partial charge in [-0.3, -0.25) is 9.69 Å². The van der Waals surface area contributed by atoms with Gasteiger partial charge < -0.3 is 10.4 Å². The Morgan fingerprint density at radius 2 is 2.17 bits per heavy atom. The summed E-state index contributed by atoms with van der Waals surface area (Å²) in [5.74, 6) is -0.356. The number of nitrogens with one attached hydrogen (secondary N) is 1. The monoisotopic (exact) mass is 322 g/mol. The number of amides is 1. The Balaban J connectivity index is 2.05. The van der Waals surface area contributed by atoms with Crippen LogP contribution in [0.2, 0.25) is 0 Å². The summed E-state index contributed by atoms with van der Waals surface area (Å²) >= 11 is 0. The van der Waals surface area contributed by atoms with Gasteiger partial charge in [0.25, 0.3) is 0 Å². The zero-order valence-corrected chi connectivity index (χ0v) is 14.2. The van der Waals surface area contributed by atoms with E-state index in [9.17, 15) is 14.3 Å². The minimum absolute atomic E-state index is 0.00337. The number of carbonyl (C=O) groups is 1. The van der Waals surface area contributed by atoms with Crippen LogP contribution >= 0.6 is 0 Å². The van der Waals surface area contributed by atoms with E-state index in [1.165, 1.54) is 12.1 Å². The first-order valence-corrected chi connectivity index (χ1v) is 8.26. The third-order valence-corrected chi connectivity index (χ3v) is 4.06. The molecule has 0 spiro atoms. The second-order valence-corrected chi connectivity index (χ2v) is 7.32. The first-order chi connectivity index (χ1) is 10.8. The fraction of sp³-hybridized carbons (Fsp3) is 0.611. The quantitative estimate of drug-likeness (QED) is 0.896. The fourth-order valence-corrected chi connectivity index (χ4v) is 3.00. The van der Waals surface area contributed by atoms with E-state index in [-0.39, 0.29) is 23.3 Å². The van der Waals surface area contributed by atoms with E-state index in [4.69, 9.17) is 0 Å². The van der Waals surface area contributed by atoms with Gasteiger partial charge in [-0.15, -0.1) is 0 Å². The van der Waals surface area contributed by atoms with Crippen LogP contribution in [0, 0.1) is 5.82 Å². The average Bonchev–Trinajstić information content (AvgIpc) is 2.46. The molecule has 1 fully saturated rings. The van der Waals surface area contributed by atoms with Gasteiger partial charge in [0.05, 0.1) is 12.1 Å². The topological polar surface area (TPSA) is 52.6 Å². The number of aliphatic hydroxyl groups is 1. The molecule has 1 aromatic rings. The maximum absolute atomic E-state index is 13.3. The van der Waals surface area contributed by atoms with Crippen LogP contribution in [0.3, 0.4) is 0 Å². The molecule has 5 heteroatoms. The van der Waals surface area contributed by atoms with Crippen molar-refractivity contribution in [2.75, 3.05) is 13.1 Å². The van der Waals surface area contributed by atoms with E-state index < -0.39 is 6.10 Å². The van der Waals surface area contributed by atoms with Crippen molar-refractivity contribution >= 4 is 5.91 Å². The van der Waals surface area contributed by atoms with Gasteiger partial charge in [-0.2, -0.15) is 0 Å². The average molecular weight is 322 g/mol. The zero-order valence-electron chi connectivity index (χ0n) is 14.2. The van der Waals surface area contributed by atoms with Crippen molar-refractivity contribution in [3.63, 3.8) is 0 Å².